The minimum absolute atomic E-state index is 0.0384. The second-order valence-corrected chi connectivity index (χ2v) is 8.00. The van der Waals surface area contributed by atoms with Gasteiger partial charge in [0.1, 0.15) is 0 Å². The molecule has 5 heteroatoms. The maximum atomic E-state index is 11.8. The maximum Gasteiger partial charge on any atom is 0.251 e. The highest BCUT2D eigenvalue weighted by Gasteiger charge is 2.39. The Bertz CT molecular complexity index is 664. The van der Waals surface area contributed by atoms with E-state index in [-0.39, 0.29) is 5.91 Å². The van der Waals surface area contributed by atoms with E-state index in [1.165, 1.54) is 38.5 Å². The van der Waals surface area contributed by atoms with Gasteiger partial charge in [-0.15, -0.1) is 0 Å². The molecule has 3 rings (SSSR count). The fraction of sp³-hybridized carbons (Fsp3) is 0.636. The van der Waals surface area contributed by atoms with Crippen molar-refractivity contribution in [2.24, 2.45) is 10.4 Å². The summed E-state index contributed by atoms with van der Waals surface area (Å²) < 4.78 is 0. The summed E-state index contributed by atoms with van der Waals surface area (Å²) in [5, 5.41) is 6.17. The Hall–Kier alpha value is -2.04. The first kappa shape index (κ1) is 19.7. The number of benzene rings is 1. The molecule has 1 amide bonds. The Balaban J connectivity index is 1.60. The zero-order valence-electron chi connectivity index (χ0n) is 16.9. The number of rotatable bonds is 5. The van der Waals surface area contributed by atoms with Crippen LogP contribution in [0.4, 0.5) is 0 Å². The third kappa shape index (κ3) is 5.02. The lowest BCUT2D eigenvalue weighted by molar-refractivity contribution is 0.0963. The molecule has 1 aromatic carbocycles. The van der Waals surface area contributed by atoms with Gasteiger partial charge in [0.25, 0.3) is 5.91 Å². The summed E-state index contributed by atoms with van der Waals surface area (Å²) in [6.45, 7) is 6.05. The first-order valence-electron chi connectivity index (χ1n) is 10.5. The molecule has 0 bridgehead atoms. The average Bonchev–Trinajstić information content (AvgIpc) is 3.10. The van der Waals surface area contributed by atoms with Crippen LogP contribution in [0.1, 0.15) is 61.4 Å². The molecular formula is C22H34N4O. The van der Waals surface area contributed by atoms with Crippen molar-refractivity contribution in [3.63, 3.8) is 0 Å². The number of hydrogen-bond donors (Lipinski definition) is 2. The average molecular weight is 371 g/mol. The van der Waals surface area contributed by atoms with Crippen LogP contribution in [0.25, 0.3) is 0 Å². The largest absolute Gasteiger partial charge is 0.357 e. The van der Waals surface area contributed by atoms with Crippen LogP contribution in [-0.4, -0.2) is 50.0 Å². The van der Waals surface area contributed by atoms with Crippen LogP contribution in [0.3, 0.4) is 0 Å². The Kier molecular flexibility index (Phi) is 6.75. The molecule has 1 aliphatic carbocycles. The van der Waals surface area contributed by atoms with E-state index in [1.807, 2.05) is 18.2 Å². The summed E-state index contributed by atoms with van der Waals surface area (Å²) in [5.41, 5.74) is 2.40. The van der Waals surface area contributed by atoms with Crippen LogP contribution in [0.15, 0.2) is 29.3 Å². The summed E-state index contributed by atoms with van der Waals surface area (Å²) in [4.78, 5) is 19.2. The van der Waals surface area contributed by atoms with Crippen LogP contribution in [0.5, 0.6) is 0 Å². The highest BCUT2D eigenvalue weighted by Crippen LogP contribution is 2.43. The van der Waals surface area contributed by atoms with Crippen molar-refractivity contribution in [2.75, 3.05) is 33.2 Å². The number of carbonyl (C=O) groups is 1. The summed E-state index contributed by atoms with van der Waals surface area (Å²) in [6, 6.07) is 7.83. The smallest absolute Gasteiger partial charge is 0.251 e. The highest BCUT2D eigenvalue weighted by molar-refractivity contribution is 5.94. The van der Waals surface area contributed by atoms with E-state index in [4.69, 9.17) is 4.99 Å². The molecule has 2 fully saturated rings. The van der Waals surface area contributed by atoms with Crippen molar-refractivity contribution in [2.45, 2.75) is 51.9 Å². The number of nitrogens with one attached hydrogen (secondary N) is 2. The lowest BCUT2D eigenvalue weighted by Gasteiger charge is -2.33. The number of nitrogens with zero attached hydrogens (tertiary/aromatic N) is 2. The van der Waals surface area contributed by atoms with Crippen LogP contribution in [0.2, 0.25) is 0 Å². The third-order valence-electron chi connectivity index (χ3n) is 6.07. The Morgan fingerprint density at radius 3 is 2.78 bits per heavy atom. The molecule has 0 radical (unpaired) electrons. The predicted octanol–water partition coefficient (Wildman–Crippen LogP) is 3.21. The van der Waals surface area contributed by atoms with E-state index < -0.39 is 0 Å². The van der Waals surface area contributed by atoms with Crippen LogP contribution in [-0.2, 0) is 6.42 Å². The van der Waals surface area contributed by atoms with Crippen molar-refractivity contribution in [3.8, 4) is 0 Å². The molecule has 0 aromatic heterocycles. The molecule has 2 N–H and O–H groups in total. The molecular weight excluding hydrogens is 336 g/mol. The molecule has 148 valence electrons. The molecule has 0 atom stereocenters. The third-order valence-corrected chi connectivity index (χ3v) is 6.07. The number of hydrogen-bond acceptors (Lipinski definition) is 2. The Morgan fingerprint density at radius 1 is 1.22 bits per heavy atom. The van der Waals surface area contributed by atoms with Gasteiger partial charge in [-0.2, -0.15) is 0 Å². The second-order valence-electron chi connectivity index (χ2n) is 8.00. The lowest BCUT2D eigenvalue weighted by Crippen LogP contribution is -2.41. The Morgan fingerprint density at radius 2 is 2.04 bits per heavy atom. The molecule has 5 nitrogen and oxygen atoms in total. The van der Waals surface area contributed by atoms with Gasteiger partial charge in [0, 0.05) is 38.8 Å². The molecule has 1 spiro atoms. The summed E-state index contributed by atoms with van der Waals surface area (Å²) in [7, 11) is 1.66. The summed E-state index contributed by atoms with van der Waals surface area (Å²) in [5.74, 6) is 1.02. The quantitative estimate of drug-likeness (QED) is 0.618. The summed E-state index contributed by atoms with van der Waals surface area (Å²) in [6.07, 6.45) is 9.12. The van der Waals surface area contributed by atoms with Gasteiger partial charge in [0.2, 0.25) is 0 Å². The minimum Gasteiger partial charge on any atom is -0.357 e. The molecule has 1 heterocycles. The predicted molar refractivity (Wildman–Crippen MR) is 111 cm³/mol. The van der Waals surface area contributed by atoms with Crippen LogP contribution < -0.4 is 10.6 Å². The first-order chi connectivity index (χ1) is 13.2. The molecule has 1 saturated heterocycles. The highest BCUT2D eigenvalue weighted by atomic mass is 16.1. The van der Waals surface area contributed by atoms with Gasteiger partial charge < -0.3 is 15.5 Å². The topological polar surface area (TPSA) is 56.7 Å². The van der Waals surface area contributed by atoms with Crippen molar-refractivity contribution in [1.82, 2.24) is 15.5 Å². The number of amides is 1. The molecule has 1 aromatic rings. The van der Waals surface area contributed by atoms with Crippen molar-refractivity contribution < 1.29 is 4.79 Å². The summed E-state index contributed by atoms with van der Waals surface area (Å²) >= 11 is 0. The van der Waals surface area contributed by atoms with Crippen molar-refractivity contribution >= 4 is 11.9 Å². The fourth-order valence-corrected chi connectivity index (χ4v) is 4.55. The molecule has 27 heavy (non-hydrogen) atoms. The van der Waals surface area contributed by atoms with Gasteiger partial charge in [-0.1, -0.05) is 31.4 Å². The number of aliphatic imine (C=N–C) groups is 1. The van der Waals surface area contributed by atoms with Gasteiger partial charge in [-0.3, -0.25) is 9.79 Å². The van der Waals surface area contributed by atoms with Crippen molar-refractivity contribution in [3.05, 3.63) is 35.4 Å². The lowest BCUT2D eigenvalue weighted by atomic mass is 9.73. The first-order valence-corrected chi connectivity index (χ1v) is 10.5. The van der Waals surface area contributed by atoms with Gasteiger partial charge in [0.15, 0.2) is 5.96 Å². The normalized spacial score (nSPS) is 19.3. The SMILES string of the molecule is CCNC(=NCCc1cccc(C(=O)NC)c1)N1CCC2(CCCCC2)C1. The van der Waals surface area contributed by atoms with E-state index >= 15 is 0 Å². The van der Waals surface area contributed by atoms with Crippen molar-refractivity contribution in [1.29, 1.82) is 0 Å². The zero-order valence-corrected chi connectivity index (χ0v) is 16.9. The van der Waals surface area contributed by atoms with E-state index in [9.17, 15) is 4.79 Å². The molecule has 1 saturated carbocycles. The zero-order chi connectivity index (χ0) is 19.1. The van der Waals surface area contributed by atoms with Gasteiger partial charge >= 0.3 is 0 Å². The monoisotopic (exact) mass is 370 g/mol. The second kappa shape index (κ2) is 9.25. The molecule has 0 unspecified atom stereocenters. The van der Waals surface area contributed by atoms with E-state index in [0.717, 1.165) is 44.1 Å². The van der Waals surface area contributed by atoms with Crippen LogP contribution >= 0.6 is 0 Å². The van der Waals surface area contributed by atoms with E-state index in [2.05, 4.69) is 28.5 Å². The number of likely N-dealkylation sites (tertiary alicyclic amines) is 1. The molecule has 2 aliphatic rings. The Labute approximate surface area is 163 Å². The maximum absolute atomic E-state index is 11.8. The van der Waals surface area contributed by atoms with Gasteiger partial charge in [-0.05, 0) is 55.7 Å². The van der Waals surface area contributed by atoms with Crippen LogP contribution in [0, 0.1) is 5.41 Å². The van der Waals surface area contributed by atoms with Gasteiger partial charge in [0.05, 0.1) is 0 Å². The minimum atomic E-state index is -0.0384. The van der Waals surface area contributed by atoms with Gasteiger partial charge in [-0.25, -0.2) is 0 Å². The van der Waals surface area contributed by atoms with E-state index in [1.54, 1.807) is 7.05 Å². The number of guanidine groups is 1. The molecule has 1 aliphatic heterocycles. The standard InChI is InChI=1S/C22H34N4O/c1-3-24-21(26-15-13-22(17-26)11-5-4-6-12-22)25-14-10-18-8-7-9-19(16-18)20(27)23-2/h7-9,16H,3-6,10-15,17H2,1-2H3,(H,23,27)(H,24,25). The number of carbonyl (C=O) groups excluding carboxylic acids is 1. The van der Waals surface area contributed by atoms with E-state index in [0.29, 0.717) is 11.0 Å². The fourth-order valence-electron chi connectivity index (χ4n) is 4.55.